The largest absolute Gasteiger partial charge is 0.478 e. The second kappa shape index (κ2) is 7.02. The monoisotopic (exact) mass is 293 g/mol. The Balaban J connectivity index is 2.07. The number of hydrogen-bond donors (Lipinski definition) is 2. The summed E-state index contributed by atoms with van der Waals surface area (Å²) < 4.78 is 0. The lowest BCUT2D eigenvalue weighted by Gasteiger charge is -2.27. The van der Waals surface area contributed by atoms with Crippen LogP contribution in [-0.4, -0.2) is 23.9 Å². The van der Waals surface area contributed by atoms with Gasteiger partial charge in [-0.15, -0.1) is 11.8 Å². The van der Waals surface area contributed by atoms with Crippen LogP contribution in [0.3, 0.4) is 0 Å². The number of benzene rings is 1. The van der Waals surface area contributed by atoms with E-state index in [0.717, 1.165) is 23.0 Å². The van der Waals surface area contributed by atoms with E-state index in [1.54, 1.807) is 0 Å². The van der Waals surface area contributed by atoms with Gasteiger partial charge in [0.15, 0.2) is 0 Å². The van der Waals surface area contributed by atoms with Gasteiger partial charge in [-0.25, -0.2) is 4.79 Å². The molecule has 2 atom stereocenters. The second-order valence-electron chi connectivity index (χ2n) is 5.71. The summed E-state index contributed by atoms with van der Waals surface area (Å²) in [5, 5.41) is 12.8. The van der Waals surface area contributed by atoms with E-state index < -0.39 is 5.97 Å². The number of hydrogen-bond acceptors (Lipinski definition) is 3. The molecule has 1 aromatic carbocycles. The average Bonchev–Trinajstić information content (AvgIpc) is 2.44. The van der Waals surface area contributed by atoms with Crippen LogP contribution in [0.15, 0.2) is 23.1 Å². The van der Waals surface area contributed by atoms with Crippen molar-refractivity contribution >= 4 is 23.4 Å². The minimum absolute atomic E-state index is 0.406. The van der Waals surface area contributed by atoms with Crippen molar-refractivity contribution in [2.24, 2.45) is 11.8 Å². The molecule has 20 heavy (non-hydrogen) atoms. The first kappa shape index (κ1) is 15.2. The second-order valence-corrected chi connectivity index (χ2v) is 6.55. The molecule has 0 heterocycles. The fourth-order valence-electron chi connectivity index (χ4n) is 3.07. The molecular weight excluding hydrogens is 270 g/mol. The van der Waals surface area contributed by atoms with Gasteiger partial charge in [-0.3, -0.25) is 0 Å². The molecule has 0 spiro atoms. The third kappa shape index (κ3) is 3.69. The molecule has 2 unspecified atom stereocenters. The Morgan fingerprint density at radius 3 is 2.90 bits per heavy atom. The fraction of sp³-hybridized carbons (Fsp3) is 0.562. The number of carboxylic acids is 1. The maximum Gasteiger partial charge on any atom is 0.338 e. The lowest BCUT2D eigenvalue weighted by molar-refractivity contribution is 0.0694. The third-order valence-corrected chi connectivity index (χ3v) is 4.87. The Hall–Kier alpha value is -1.16. The van der Waals surface area contributed by atoms with Gasteiger partial charge in [0.25, 0.3) is 0 Å². The molecule has 0 radical (unpaired) electrons. The number of carbonyl (C=O) groups is 1. The lowest BCUT2D eigenvalue weighted by Crippen LogP contribution is -2.21. The van der Waals surface area contributed by atoms with Crippen LogP contribution in [-0.2, 0) is 0 Å². The van der Waals surface area contributed by atoms with Crippen LogP contribution in [0.4, 0.5) is 5.69 Å². The van der Waals surface area contributed by atoms with Gasteiger partial charge in [0.1, 0.15) is 0 Å². The average molecular weight is 293 g/mol. The van der Waals surface area contributed by atoms with Gasteiger partial charge >= 0.3 is 5.97 Å². The van der Waals surface area contributed by atoms with Crippen LogP contribution >= 0.6 is 11.8 Å². The Kier molecular flexibility index (Phi) is 5.35. The highest BCUT2D eigenvalue weighted by molar-refractivity contribution is 7.98. The summed E-state index contributed by atoms with van der Waals surface area (Å²) in [6, 6.07) is 5.65. The number of thioether (sulfide) groups is 1. The van der Waals surface area contributed by atoms with Crippen LogP contribution in [0.25, 0.3) is 0 Å². The van der Waals surface area contributed by atoms with E-state index >= 15 is 0 Å². The van der Waals surface area contributed by atoms with E-state index in [9.17, 15) is 9.90 Å². The topological polar surface area (TPSA) is 49.3 Å². The van der Waals surface area contributed by atoms with E-state index in [4.69, 9.17) is 0 Å². The van der Waals surface area contributed by atoms with Gasteiger partial charge in [0.2, 0.25) is 0 Å². The van der Waals surface area contributed by atoms with E-state index in [2.05, 4.69) is 12.2 Å². The summed E-state index contributed by atoms with van der Waals surface area (Å²) in [4.78, 5) is 12.3. The minimum atomic E-state index is -0.852. The standard InChI is InChI=1S/C16H23NO2S/c1-11-5-3-6-12(9-11)10-17-13-7-4-8-14(20-2)15(13)16(18)19/h4,7-8,11-12,17H,3,5-6,9-10H2,1-2H3,(H,18,19). The predicted octanol–water partition coefficient (Wildman–Crippen LogP) is 4.34. The summed E-state index contributed by atoms with van der Waals surface area (Å²) >= 11 is 1.48. The maximum atomic E-state index is 11.5. The number of carboxylic acid groups (broad SMARTS) is 1. The van der Waals surface area contributed by atoms with Crippen LogP contribution in [0, 0.1) is 11.8 Å². The molecule has 4 heteroatoms. The molecule has 110 valence electrons. The fourth-order valence-corrected chi connectivity index (χ4v) is 3.68. The zero-order valence-electron chi connectivity index (χ0n) is 12.2. The van der Waals surface area contributed by atoms with Gasteiger partial charge < -0.3 is 10.4 Å². The first-order valence-electron chi connectivity index (χ1n) is 7.26. The van der Waals surface area contributed by atoms with Gasteiger partial charge in [0, 0.05) is 17.1 Å². The summed E-state index contributed by atoms with van der Waals surface area (Å²) in [6.07, 6.45) is 7.04. The van der Waals surface area contributed by atoms with Crippen LogP contribution < -0.4 is 5.32 Å². The molecule has 0 aromatic heterocycles. The highest BCUT2D eigenvalue weighted by atomic mass is 32.2. The smallest absolute Gasteiger partial charge is 0.338 e. The van der Waals surface area contributed by atoms with Gasteiger partial charge in [-0.05, 0) is 43.1 Å². The van der Waals surface area contributed by atoms with E-state index in [1.807, 2.05) is 24.5 Å². The molecule has 1 aliphatic carbocycles. The number of nitrogens with one attached hydrogen (secondary N) is 1. The van der Waals surface area contributed by atoms with Gasteiger partial charge in [-0.2, -0.15) is 0 Å². The van der Waals surface area contributed by atoms with Crippen molar-refractivity contribution in [1.82, 2.24) is 0 Å². The molecule has 0 aliphatic heterocycles. The van der Waals surface area contributed by atoms with Crippen molar-refractivity contribution in [3.05, 3.63) is 23.8 Å². The Bertz CT molecular complexity index is 476. The minimum Gasteiger partial charge on any atom is -0.478 e. The first-order valence-corrected chi connectivity index (χ1v) is 8.48. The highest BCUT2D eigenvalue weighted by Gasteiger charge is 2.20. The normalized spacial score (nSPS) is 22.5. The van der Waals surface area contributed by atoms with E-state index in [1.165, 1.54) is 37.4 Å². The number of aromatic carboxylic acids is 1. The Labute approximate surface area is 125 Å². The zero-order chi connectivity index (χ0) is 14.5. The van der Waals surface area contributed by atoms with Crippen LogP contribution in [0.5, 0.6) is 0 Å². The molecule has 0 saturated heterocycles. The molecule has 1 saturated carbocycles. The SMILES string of the molecule is CSc1cccc(NCC2CCCC(C)C2)c1C(=O)O. The predicted molar refractivity (Wildman–Crippen MR) is 84.8 cm³/mol. The summed E-state index contributed by atoms with van der Waals surface area (Å²) in [5.41, 5.74) is 1.16. The lowest BCUT2D eigenvalue weighted by atomic mass is 9.82. The summed E-state index contributed by atoms with van der Waals surface area (Å²) in [7, 11) is 0. The third-order valence-electron chi connectivity index (χ3n) is 4.09. The first-order chi connectivity index (χ1) is 9.61. The van der Waals surface area contributed by atoms with Crippen molar-refractivity contribution in [3.63, 3.8) is 0 Å². The molecule has 2 N–H and O–H groups in total. The number of anilines is 1. The van der Waals surface area contributed by atoms with Crippen LogP contribution in [0.1, 0.15) is 43.0 Å². The van der Waals surface area contributed by atoms with E-state index in [-0.39, 0.29) is 0 Å². The zero-order valence-corrected chi connectivity index (χ0v) is 13.0. The quantitative estimate of drug-likeness (QED) is 0.793. The molecule has 1 aromatic rings. The van der Waals surface area contributed by atoms with Gasteiger partial charge in [-0.1, -0.05) is 25.8 Å². The highest BCUT2D eigenvalue weighted by Crippen LogP contribution is 2.31. The molecule has 1 fully saturated rings. The maximum absolute atomic E-state index is 11.5. The van der Waals surface area contributed by atoms with Crippen molar-refractivity contribution in [3.8, 4) is 0 Å². The Morgan fingerprint density at radius 2 is 2.25 bits per heavy atom. The van der Waals surface area contributed by atoms with Gasteiger partial charge in [0.05, 0.1) is 5.56 Å². The van der Waals surface area contributed by atoms with Crippen molar-refractivity contribution in [2.45, 2.75) is 37.5 Å². The summed E-state index contributed by atoms with van der Waals surface area (Å²) in [6.45, 7) is 3.19. The van der Waals surface area contributed by atoms with Crippen LogP contribution in [0.2, 0.25) is 0 Å². The van der Waals surface area contributed by atoms with E-state index in [0.29, 0.717) is 11.5 Å². The molecular formula is C16H23NO2S. The molecule has 1 aliphatic rings. The van der Waals surface area contributed by atoms with Crippen molar-refractivity contribution < 1.29 is 9.90 Å². The molecule has 3 nitrogen and oxygen atoms in total. The summed E-state index contributed by atoms with van der Waals surface area (Å²) in [5.74, 6) is 0.611. The van der Waals surface area contributed by atoms with Crippen molar-refractivity contribution in [2.75, 3.05) is 18.1 Å². The molecule has 2 rings (SSSR count). The Morgan fingerprint density at radius 1 is 1.45 bits per heavy atom. The molecule has 0 amide bonds. The van der Waals surface area contributed by atoms with Crippen molar-refractivity contribution in [1.29, 1.82) is 0 Å². The number of rotatable bonds is 5. The molecule has 0 bridgehead atoms.